The van der Waals surface area contributed by atoms with E-state index >= 15 is 9.59 Å². The summed E-state index contributed by atoms with van der Waals surface area (Å²) >= 11 is 0. The SMILES string of the molecule is C/C=C/C[C@@H](C)[C@@H](O)C1C(=O)NC(CC)C(=O)N(C)CC(=O)N(C)[C@H](CC(C)C)C(=O)N[C@H](C(C)C)C(=O)N(C)[C@H](CC(C)C)C(=O)NC(C)C(=O)N[C@H](C)C(=O)NC(CC(C)C)C(=O)N(C)[C@@H](CC(C)C)C(=O)N(C)[C@@H](C(C)C)C(=O)N1C. The Kier molecular flexibility index (Phi) is 31.4. The number of nitrogens with one attached hydrogen (secondary N) is 5. The van der Waals surface area contributed by atoms with Gasteiger partial charge in [0.1, 0.15) is 60.4 Å². The number of hydrogen-bond donors (Lipinski definition) is 6. The van der Waals surface area contributed by atoms with Gasteiger partial charge in [-0.3, -0.25) is 52.7 Å². The van der Waals surface area contributed by atoms with Crippen molar-refractivity contribution in [2.45, 2.75) is 223 Å². The molecule has 1 fully saturated rings. The van der Waals surface area contributed by atoms with Gasteiger partial charge in [-0.25, -0.2) is 0 Å². The molecule has 23 heteroatoms. The molecule has 23 nitrogen and oxygen atoms in total. The number of aliphatic hydroxyl groups is 1. The molecule has 11 amide bonds. The Bertz CT molecular complexity index is 2290. The molecule has 12 atom stereocenters. The van der Waals surface area contributed by atoms with Gasteiger partial charge in [-0.1, -0.05) is 109 Å². The number of aliphatic hydroxyl groups excluding tert-OH is 1. The molecule has 0 radical (unpaired) electrons. The topological polar surface area (TPSA) is 288 Å². The molecule has 84 heavy (non-hydrogen) atoms. The second-order valence-electron chi connectivity index (χ2n) is 25.7. The van der Waals surface area contributed by atoms with Crippen molar-refractivity contribution in [2.75, 3.05) is 48.8 Å². The molecular weight excluding hydrogens is 1080 g/mol. The predicted octanol–water partition coefficient (Wildman–Crippen LogP) is 2.93. The van der Waals surface area contributed by atoms with Crippen LogP contribution in [0.5, 0.6) is 0 Å². The summed E-state index contributed by atoms with van der Waals surface area (Å²) in [5.41, 5.74) is 0. The predicted molar refractivity (Wildman–Crippen MR) is 324 cm³/mol. The smallest absolute Gasteiger partial charge is 0.246 e. The molecule has 0 aromatic rings. The van der Waals surface area contributed by atoms with Crippen LogP contribution in [0, 0.1) is 41.4 Å². The Morgan fingerprint density at radius 1 is 0.464 bits per heavy atom. The van der Waals surface area contributed by atoms with Crippen LogP contribution < -0.4 is 26.6 Å². The third kappa shape index (κ3) is 21.7. The average Bonchev–Trinajstić information content (AvgIpc) is 3.62. The Hall–Kier alpha value is -6.13. The minimum Gasteiger partial charge on any atom is -0.390 e. The van der Waals surface area contributed by atoms with E-state index in [0.717, 1.165) is 9.80 Å². The molecule has 0 bridgehead atoms. The molecule has 0 aromatic heterocycles. The summed E-state index contributed by atoms with van der Waals surface area (Å²) in [5, 5.41) is 25.7. The lowest BCUT2D eigenvalue weighted by Crippen LogP contribution is -2.63. The molecule has 0 saturated carbocycles. The van der Waals surface area contributed by atoms with E-state index in [1.807, 2.05) is 55.4 Å². The molecule has 0 spiro atoms. The minimum atomic E-state index is -1.61. The second kappa shape index (κ2) is 34.7. The zero-order chi connectivity index (χ0) is 65.1. The summed E-state index contributed by atoms with van der Waals surface area (Å²) in [7, 11) is 8.44. The molecule has 1 aliphatic heterocycles. The third-order valence-electron chi connectivity index (χ3n) is 15.6. The maximum atomic E-state index is 15.1. The summed E-state index contributed by atoms with van der Waals surface area (Å²) < 4.78 is 0. The van der Waals surface area contributed by atoms with E-state index in [1.165, 1.54) is 75.7 Å². The average molecular weight is 1190 g/mol. The number of nitrogens with zero attached hydrogens (tertiary/aromatic N) is 6. The van der Waals surface area contributed by atoms with E-state index in [-0.39, 0.29) is 55.8 Å². The van der Waals surface area contributed by atoms with Crippen LogP contribution in [0.15, 0.2) is 12.2 Å². The zero-order valence-electron chi connectivity index (χ0n) is 55.1. The van der Waals surface area contributed by atoms with Gasteiger partial charge in [0.25, 0.3) is 0 Å². The van der Waals surface area contributed by atoms with Crippen LogP contribution in [0.4, 0.5) is 0 Å². The highest BCUT2D eigenvalue weighted by Gasteiger charge is 2.45. The maximum Gasteiger partial charge on any atom is 0.246 e. The highest BCUT2D eigenvalue weighted by atomic mass is 16.3. The quantitative estimate of drug-likeness (QED) is 0.129. The zero-order valence-corrected chi connectivity index (χ0v) is 55.1. The van der Waals surface area contributed by atoms with Crippen LogP contribution >= 0.6 is 0 Å². The first-order valence-electron chi connectivity index (χ1n) is 30.2. The van der Waals surface area contributed by atoms with Crippen molar-refractivity contribution in [1.29, 1.82) is 0 Å². The normalized spacial score (nSPS) is 27.0. The highest BCUT2D eigenvalue weighted by Crippen LogP contribution is 2.25. The van der Waals surface area contributed by atoms with Crippen molar-refractivity contribution in [2.24, 2.45) is 41.4 Å². The molecular formula is C61H109N11O12. The summed E-state index contributed by atoms with van der Waals surface area (Å²) in [6.45, 7) is 29.2. The molecule has 1 rings (SSSR count). The van der Waals surface area contributed by atoms with Gasteiger partial charge in [-0.2, -0.15) is 0 Å². The van der Waals surface area contributed by atoms with E-state index in [1.54, 1.807) is 60.6 Å². The van der Waals surface area contributed by atoms with E-state index in [4.69, 9.17) is 0 Å². The summed E-state index contributed by atoms with van der Waals surface area (Å²) in [4.78, 5) is 166. The van der Waals surface area contributed by atoms with Crippen LogP contribution in [0.1, 0.15) is 156 Å². The van der Waals surface area contributed by atoms with Crippen LogP contribution in [-0.4, -0.2) is 215 Å². The van der Waals surface area contributed by atoms with Crippen molar-refractivity contribution in [1.82, 2.24) is 56.0 Å². The molecule has 1 heterocycles. The summed E-state index contributed by atoms with van der Waals surface area (Å²) in [5.74, 6) is -9.86. The van der Waals surface area contributed by atoms with Crippen molar-refractivity contribution in [3.63, 3.8) is 0 Å². The van der Waals surface area contributed by atoms with Gasteiger partial charge in [-0.05, 0) is 101 Å². The van der Waals surface area contributed by atoms with Gasteiger partial charge in [0.2, 0.25) is 65.0 Å². The number of rotatable bonds is 15. The number of allylic oxidation sites excluding steroid dienone is 2. The standard InChI is InChI=1S/C61H109N11O12/c1-24-26-27-39(15)51(74)50-56(79)64-42(25-2)57(80)67(18)32-47(73)68(19)44(29-34(5)6)55(78)66-48(37(11)12)60(83)69(20)45(30-35(7)8)54(77)63-40(16)52(75)62-41(17)53(76)65-43(28-33(3)4)58(81)70(21)46(31-36(9)10)59(82)71(22)49(38(13)14)61(84)72(50)23/h24,26,33-46,48-51,74H,25,27-32H2,1-23H3,(H,62,75)(H,63,77)(H,64,79)(H,65,76)(H,66,78)/b26-24+/t39-,40?,41-,42?,43?,44-,45-,46+,48-,49+,50?,51-/m1/s1. The molecule has 1 aliphatic rings. The lowest BCUT2D eigenvalue weighted by molar-refractivity contribution is -0.156. The first kappa shape index (κ1) is 75.9. The van der Waals surface area contributed by atoms with Gasteiger partial charge in [0.15, 0.2) is 0 Å². The minimum absolute atomic E-state index is 0.0226. The molecule has 0 aliphatic carbocycles. The number of amides is 11. The first-order valence-corrected chi connectivity index (χ1v) is 30.2. The molecule has 480 valence electrons. The van der Waals surface area contributed by atoms with Crippen molar-refractivity contribution >= 4 is 65.0 Å². The Labute approximate surface area is 502 Å². The fraction of sp³-hybridized carbons (Fsp3) is 0.787. The highest BCUT2D eigenvalue weighted by molar-refractivity contribution is 5.99. The third-order valence-corrected chi connectivity index (χ3v) is 15.6. The Morgan fingerprint density at radius 3 is 1.36 bits per heavy atom. The van der Waals surface area contributed by atoms with E-state index in [0.29, 0.717) is 6.42 Å². The van der Waals surface area contributed by atoms with Gasteiger partial charge in [0.05, 0.1) is 12.6 Å². The summed E-state index contributed by atoms with van der Waals surface area (Å²) in [6.07, 6.45) is 3.01. The number of hydrogen-bond acceptors (Lipinski definition) is 12. The Balaban J connectivity index is 4.27. The van der Waals surface area contributed by atoms with Crippen LogP contribution in [0.25, 0.3) is 0 Å². The van der Waals surface area contributed by atoms with E-state index < -0.39 is 156 Å². The summed E-state index contributed by atoms with van der Waals surface area (Å²) in [6, 6.07) is -12.4. The molecule has 1 saturated heterocycles. The number of carbonyl (C=O) groups excluding carboxylic acids is 11. The molecule has 4 unspecified atom stereocenters. The van der Waals surface area contributed by atoms with Gasteiger partial charge in [0, 0.05) is 42.3 Å². The van der Waals surface area contributed by atoms with E-state index in [9.17, 15) is 48.3 Å². The van der Waals surface area contributed by atoms with Crippen LogP contribution in [-0.2, 0) is 52.7 Å². The van der Waals surface area contributed by atoms with Gasteiger partial charge < -0.3 is 61.1 Å². The van der Waals surface area contributed by atoms with Crippen LogP contribution in [0.2, 0.25) is 0 Å². The van der Waals surface area contributed by atoms with E-state index in [2.05, 4.69) is 26.6 Å². The lowest BCUT2D eigenvalue weighted by Gasteiger charge is -2.41. The van der Waals surface area contributed by atoms with Crippen molar-refractivity contribution in [3.05, 3.63) is 12.2 Å². The monoisotopic (exact) mass is 1190 g/mol. The first-order chi connectivity index (χ1) is 38.8. The Morgan fingerprint density at radius 2 is 0.893 bits per heavy atom. The van der Waals surface area contributed by atoms with Gasteiger partial charge >= 0.3 is 0 Å². The van der Waals surface area contributed by atoms with Gasteiger partial charge in [-0.15, -0.1) is 0 Å². The fourth-order valence-corrected chi connectivity index (χ4v) is 10.4. The largest absolute Gasteiger partial charge is 0.390 e. The fourth-order valence-electron chi connectivity index (χ4n) is 10.4. The lowest BCUT2D eigenvalue weighted by atomic mass is 9.91. The van der Waals surface area contributed by atoms with Crippen molar-refractivity contribution in [3.8, 4) is 0 Å². The van der Waals surface area contributed by atoms with Crippen molar-refractivity contribution < 1.29 is 57.8 Å². The van der Waals surface area contributed by atoms with Crippen LogP contribution in [0.3, 0.4) is 0 Å². The number of carbonyl (C=O) groups is 11. The number of likely N-dealkylation sites (N-methyl/N-ethyl adjacent to an activating group) is 6. The second-order valence-corrected chi connectivity index (χ2v) is 25.7. The molecule has 0 aromatic carbocycles. The maximum absolute atomic E-state index is 15.1. The molecule has 6 N–H and O–H groups in total.